The first-order chi connectivity index (χ1) is 7.66. The minimum Gasteiger partial charge on any atom is -0.429 e. The Bertz CT molecular complexity index is 334. The van der Waals surface area contributed by atoms with Gasteiger partial charge in [-0.25, -0.2) is 13.9 Å². The molecule has 1 unspecified atom stereocenters. The Morgan fingerprint density at radius 3 is 2.24 bits per heavy atom. The SMILES string of the molecule is C=C(C)C(=O)OC(CC)(CCC)OP(=O)(O)O. The van der Waals surface area contributed by atoms with Crippen molar-refractivity contribution in [2.75, 3.05) is 0 Å². The summed E-state index contributed by atoms with van der Waals surface area (Å²) in [6.07, 6.45) is 0.899. The van der Waals surface area contributed by atoms with E-state index in [1.165, 1.54) is 6.92 Å². The summed E-state index contributed by atoms with van der Waals surface area (Å²) in [7, 11) is -4.73. The average molecular weight is 266 g/mol. The Morgan fingerprint density at radius 2 is 1.94 bits per heavy atom. The molecule has 0 aromatic rings. The summed E-state index contributed by atoms with van der Waals surface area (Å²) in [6, 6.07) is 0. The first-order valence-electron chi connectivity index (χ1n) is 5.31. The lowest BCUT2D eigenvalue weighted by atomic mass is 10.1. The van der Waals surface area contributed by atoms with Crippen LogP contribution in [0.5, 0.6) is 0 Å². The van der Waals surface area contributed by atoms with Crippen LogP contribution in [-0.2, 0) is 18.6 Å². The summed E-state index contributed by atoms with van der Waals surface area (Å²) in [5.41, 5.74) is 0.147. The first kappa shape index (κ1) is 16.3. The molecule has 0 heterocycles. The Kier molecular flexibility index (Phi) is 6.05. The molecule has 7 heteroatoms. The Labute approximate surface area is 101 Å². The summed E-state index contributed by atoms with van der Waals surface area (Å²) >= 11 is 0. The van der Waals surface area contributed by atoms with Crippen molar-refractivity contribution in [3.63, 3.8) is 0 Å². The van der Waals surface area contributed by atoms with Crippen molar-refractivity contribution in [2.45, 2.75) is 45.8 Å². The van der Waals surface area contributed by atoms with Gasteiger partial charge in [0.1, 0.15) is 0 Å². The lowest BCUT2D eigenvalue weighted by molar-refractivity contribution is -0.202. The minimum atomic E-state index is -4.73. The van der Waals surface area contributed by atoms with Crippen LogP contribution in [0.15, 0.2) is 12.2 Å². The highest BCUT2D eigenvalue weighted by atomic mass is 31.2. The Morgan fingerprint density at radius 1 is 1.41 bits per heavy atom. The third-order valence-electron chi connectivity index (χ3n) is 2.08. The molecule has 100 valence electrons. The van der Waals surface area contributed by atoms with Crippen molar-refractivity contribution < 1.29 is 28.4 Å². The van der Waals surface area contributed by atoms with Gasteiger partial charge in [0.15, 0.2) is 0 Å². The first-order valence-corrected chi connectivity index (χ1v) is 6.84. The van der Waals surface area contributed by atoms with Gasteiger partial charge in [-0.3, -0.25) is 0 Å². The number of carbonyl (C=O) groups excluding carboxylic acids is 1. The third kappa shape index (κ3) is 5.98. The number of carbonyl (C=O) groups is 1. The molecule has 1 atom stereocenters. The predicted octanol–water partition coefficient (Wildman–Crippen LogP) is 2.12. The smallest absolute Gasteiger partial charge is 0.429 e. The summed E-state index contributed by atoms with van der Waals surface area (Å²) in [4.78, 5) is 29.1. The molecule has 6 nitrogen and oxygen atoms in total. The van der Waals surface area contributed by atoms with E-state index in [1.54, 1.807) is 13.8 Å². The van der Waals surface area contributed by atoms with Gasteiger partial charge in [0, 0.05) is 18.4 Å². The van der Waals surface area contributed by atoms with Crippen molar-refractivity contribution in [3.05, 3.63) is 12.2 Å². The normalized spacial score (nSPS) is 15.1. The van der Waals surface area contributed by atoms with Crippen LogP contribution in [0.25, 0.3) is 0 Å². The highest BCUT2D eigenvalue weighted by Gasteiger charge is 2.39. The van der Waals surface area contributed by atoms with E-state index in [1.807, 2.05) is 0 Å². The van der Waals surface area contributed by atoms with Gasteiger partial charge >= 0.3 is 13.8 Å². The lowest BCUT2D eigenvalue weighted by Crippen LogP contribution is -2.36. The summed E-state index contributed by atoms with van der Waals surface area (Å²) in [6.45, 7) is 8.27. The number of hydrogen-bond donors (Lipinski definition) is 2. The van der Waals surface area contributed by atoms with Crippen LogP contribution < -0.4 is 0 Å². The van der Waals surface area contributed by atoms with Crippen molar-refractivity contribution in [2.24, 2.45) is 0 Å². The maximum Gasteiger partial charge on any atom is 0.472 e. The second-order valence-corrected chi connectivity index (χ2v) is 4.93. The molecular formula is C10H19O6P. The number of phosphoric ester groups is 1. The van der Waals surface area contributed by atoms with Gasteiger partial charge < -0.3 is 14.5 Å². The van der Waals surface area contributed by atoms with Crippen LogP contribution in [-0.4, -0.2) is 21.5 Å². The number of ether oxygens (including phenoxy) is 1. The molecule has 0 amide bonds. The zero-order valence-corrected chi connectivity index (χ0v) is 11.2. The van der Waals surface area contributed by atoms with E-state index in [0.717, 1.165) is 0 Å². The molecule has 0 aliphatic carbocycles. The average Bonchev–Trinajstić information content (AvgIpc) is 2.15. The highest BCUT2D eigenvalue weighted by molar-refractivity contribution is 7.46. The fourth-order valence-electron chi connectivity index (χ4n) is 1.28. The number of rotatable bonds is 7. The second kappa shape index (κ2) is 6.31. The van der Waals surface area contributed by atoms with Crippen LogP contribution >= 0.6 is 7.82 Å². The van der Waals surface area contributed by atoms with Gasteiger partial charge in [-0.05, 0) is 13.3 Å². The zero-order chi connectivity index (χ0) is 13.7. The molecule has 0 saturated heterocycles. The van der Waals surface area contributed by atoms with E-state index in [0.29, 0.717) is 6.42 Å². The lowest BCUT2D eigenvalue weighted by Gasteiger charge is -2.31. The summed E-state index contributed by atoms with van der Waals surface area (Å²) in [5.74, 6) is -2.32. The van der Waals surface area contributed by atoms with Gasteiger partial charge in [-0.2, -0.15) is 0 Å². The quantitative estimate of drug-likeness (QED) is 0.317. The molecular weight excluding hydrogens is 247 g/mol. The van der Waals surface area contributed by atoms with Gasteiger partial charge in [-0.1, -0.05) is 20.4 Å². The van der Waals surface area contributed by atoms with Crippen molar-refractivity contribution in [1.82, 2.24) is 0 Å². The fraction of sp³-hybridized carbons (Fsp3) is 0.700. The van der Waals surface area contributed by atoms with E-state index < -0.39 is 19.6 Å². The zero-order valence-electron chi connectivity index (χ0n) is 10.3. The standard InChI is InChI=1S/C10H19O6P/c1-5-7-10(6-2,16-17(12,13)14)15-9(11)8(3)4/h3,5-7H2,1-2,4H3,(H2,12,13,14). The molecule has 0 saturated carbocycles. The highest BCUT2D eigenvalue weighted by Crippen LogP contribution is 2.45. The summed E-state index contributed by atoms with van der Waals surface area (Å²) < 4.78 is 20.5. The van der Waals surface area contributed by atoms with Crippen LogP contribution in [0, 0.1) is 0 Å². The molecule has 0 aliphatic heterocycles. The number of esters is 1. The molecule has 0 radical (unpaired) electrons. The van der Waals surface area contributed by atoms with Crippen LogP contribution in [0.1, 0.15) is 40.0 Å². The van der Waals surface area contributed by atoms with Crippen molar-refractivity contribution in [3.8, 4) is 0 Å². The molecule has 0 rings (SSSR count). The van der Waals surface area contributed by atoms with Crippen molar-refractivity contribution in [1.29, 1.82) is 0 Å². The van der Waals surface area contributed by atoms with Gasteiger partial charge in [0.05, 0.1) is 0 Å². The third-order valence-corrected chi connectivity index (χ3v) is 2.65. The molecule has 17 heavy (non-hydrogen) atoms. The molecule has 0 aromatic carbocycles. The number of hydrogen-bond acceptors (Lipinski definition) is 4. The van der Waals surface area contributed by atoms with E-state index in [9.17, 15) is 9.36 Å². The largest absolute Gasteiger partial charge is 0.472 e. The van der Waals surface area contributed by atoms with Crippen LogP contribution in [0.2, 0.25) is 0 Å². The Balaban J connectivity index is 5.00. The van der Waals surface area contributed by atoms with Crippen LogP contribution in [0.3, 0.4) is 0 Å². The van der Waals surface area contributed by atoms with E-state index in [-0.39, 0.29) is 18.4 Å². The molecule has 0 bridgehead atoms. The Hall–Kier alpha value is -0.680. The number of phosphoric acid groups is 1. The van der Waals surface area contributed by atoms with Gasteiger partial charge in [-0.15, -0.1) is 0 Å². The monoisotopic (exact) mass is 266 g/mol. The fourth-order valence-corrected chi connectivity index (χ4v) is 1.97. The maximum absolute atomic E-state index is 11.4. The van der Waals surface area contributed by atoms with Crippen LogP contribution in [0.4, 0.5) is 0 Å². The molecule has 0 aromatic heterocycles. The molecule has 2 N–H and O–H groups in total. The predicted molar refractivity (Wildman–Crippen MR) is 62.0 cm³/mol. The molecule has 0 aliphatic rings. The van der Waals surface area contributed by atoms with Crippen molar-refractivity contribution >= 4 is 13.8 Å². The van der Waals surface area contributed by atoms with Gasteiger partial charge in [0.2, 0.25) is 5.79 Å². The minimum absolute atomic E-state index is 0.144. The van der Waals surface area contributed by atoms with Gasteiger partial charge in [0.25, 0.3) is 0 Å². The maximum atomic E-state index is 11.4. The summed E-state index contributed by atoms with van der Waals surface area (Å²) in [5, 5.41) is 0. The van der Waals surface area contributed by atoms with E-state index in [4.69, 9.17) is 14.5 Å². The molecule has 0 spiro atoms. The second-order valence-electron chi connectivity index (χ2n) is 3.77. The molecule has 0 fully saturated rings. The van der Waals surface area contributed by atoms with E-state index in [2.05, 4.69) is 11.1 Å². The topological polar surface area (TPSA) is 93.1 Å². The van der Waals surface area contributed by atoms with E-state index >= 15 is 0 Å².